The van der Waals surface area contributed by atoms with E-state index < -0.39 is 5.97 Å². The summed E-state index contributed by atoms with van der Waals surface area (Å²) in [5.41, 5.74) is 1.60. The molecule has 1 aromatic heterocycles. The van der Waals surface area contributed by atoms with Crippen LogP contribution in [0.5, 0.6) is 5.75 Å². The molecular formula is C13H13NO4S. The van der Waals surface area contributed by atoms with Crippen LogP contribution in [0.25, 0.3) is 11.3 Å². The van der Waals surface area contributed by atoms with Crippen molar-refractivity contribution in [3.63, 3.8) is 0 Å². The predicted octanol–water partition coefficient (Wildman–Crippen LogP) is 2.06. The molecule has 19 heavy (non-hydrogen) atoms. The van der Waals surface area contributed by atoms with Gasteiger partial charge in [0.15, 0.2) is 0 Å². The molecule has 2 rings (SSSR count). The number of aliphatic carboxylic acids is 1. The van der Waals surface area contributed by atoms with Crippen LogP contribution in [-0.4, -0.2) is 22.8 Å². The molecule has 0 bridgehead atoms. The molecule has 0 spiro atoms. The van der Waals surface area contributed by atoms with Gasteiger partial charge in [0.25, 0.3) is 0 Å². The molecule has 1 N–H and O–H groups in total. The van der Waals surface area contributed by atoms with Gasteiger partial charge in [0.05, 0.1) is 19.2 Å². The second-order valence-corrected chi connectivity index (χ2v) is 4.73. The second kappa shape index (κ2) is 5.71. The molecule has 0 aliphatic heterocycles. The zero-order chi connectivity index (χ0) is 13.8. The van der Waals surface area contributed by atoms with Gasteiger partial charge in [-0.25, -0.2) is 0 Å². The van der Waals surface area contributed by atoms with Gasteiger partial charge >= 0.3 is 10.8 Å². The van der Waals surface area contributed by atoms with E-state index in [-0.39, 0.29) is 17.8 Å². The van der Waals surface area contributed by atoms with Crippen LogP contribution in [0.4, 0.5) is 0 Å². The van der Waals surface area contributed by atoms with Crippen LogP contribution in [0, 0.1) is 0 Å². The quantitative estimate of drug-likeness (QED) is 0.909. The summed E-state index contributed by atoms with van der Waals surface area (Å²) >= 11 is 1.07. The van der Waals surface area contributed by atoms with Crippen molar-refractivity contribution in [2.24, 2.45) is 0 Å². The maximum atomic E-state index is 11.7. The zero-order valence-electron chi connectivity index (χ0n) is 10.3. The molecule has 0 saturated heterocycles. The molecule has 2 aromatic rings. The highest BCUT2D eigenvalue weighted by Crippen LogP contribution is 2.23. The minimum absolute atomic E-state index is 0.0696. The van der Waals surface area contributed by atoms with E-state index in [0.717, 1.165) is 28.3 Å². The molecule has 0 aliphatic carbocycles. The number of hydrogen-bond donors (Lipinski definition) is 1. The molecule has 0 atom stereocenters. The van der Waals surface area contributed by atoms with E-state index in [1.54, 1.807) is 24.6 Å². The smallest absolute Gasteiger partial charge is 0.307 e. The van der Waals surface area contributed by atoms with E-state index in [1.807, 2.05) is 12.1 Å². The third-order valence-electron chi connectivity index (χ3n) is 2.72. The summed E-state index contributed by atoms with van der Waals surface area (Å²) in [6.07, 6.45) is -0.0696. The first-order valence-electron chi connectivity index (χ1n) is 5.66. The lowest BCUT2D eigenvalue weighted by molar-refractivity contribution is -0.137. The molecule has 0 fully saturated rings. The van der Waals surface area contributed by atoms with Gasteiger partial charge in [0.2, 0.25) is 0 Å². The number of ether oxygens (including phenoxy) is 1. The van der Waals surface area contributed by atoms with Crippen molar-refractivity contribution in [1.29, 1.82) is 0 Å². The average Bonchev–Trinajstić information content (AvgIpc) is 2.78. The predicted molar refractivity (Wildman–Crippen MR) is 72.8 cm³/mol. The van der Waals surface area contributed by atoms with Gasteiger partial charge in [0, 0.05) is 11.9 Å². The summed E-state index contributed by atoms with van der Waals surface area (Å²) in [7, 11) is 1.59. The number of rotatable bonds is 5. The Hall–Kier alpha value is -2.08. The molecule has 1 aromatic carbocycles. The molecule has 1 heterocycles. The first-order chi connectivity index (χ1) is 9.11. The first-order valence-corrected chi connectivity index (χ1v) is 6.54. The lowest BCUT2D eigenvalue weighted by Gasteiger charge is -2.07. The summed E-state index contributed by atoms with van der Waals surface area (Å²) < 4.78 is 6.56. The minimum atomic E-state index is -0.918. The number of thiazole rings is 1. The number of carboxylic acids is 1. The molecule has 5 nitrogen and oxygen atoms in total. The van der Waals surface area contributed by atoms with E-state index in [1.165, 1.54) is 4.57 Å². The number of hydrogen-bond acceptors (Lipinski definition) is 4. The van der Waals surface area contributed by atoms with Crippen molar-refractivity contribution < 1.29 is 14.6 Å². The Bertz CT molecular complexity index is 627. The van der Waals surface area contributed by atoms with Crippen LogP contribution in [0.3, 0.4) is 0 Å². The summed E-state index contributed by atoms with van der Waals surface area (Å²) in [4.78, 5) is 22.2. The van der Waals surface area contributed by atoms with Crippen molar-refractivity contribution >= 4 is 17.3 Å². The number of methoxy groups -OCH3 is 1. The lowest BCUT2D eigenvalue weighted by Crippen LogP contribution is -2.16. The standard InChI is InChI=1S/C13H13NO4S/c1-18-10-4-2-9(3-5-10)11-8-19-13(17)14(11)7-6-12(15)16/h2-5,8H,6-7H2,1H3,(H,15,16). The fraction of sp³-hybridized carbons (Fsp3) is 0.231. The molecule has 100 valence electrons. The van der Waals surface area contributed by atoms with E-state index in [2.05, 4.69) is 0 Å². The Balaban J connectivity index is 2.33. The summed E-state index contributed by atoms with van der Waals surface area (Å²) in [5, 5.41) is 10.4. The SMILES string of the molecule is COc1ccc(-c2csc(=O)n2CCC(=O)O)cc1. The van der Waals surface area contributed by atoms with Gasteiger partial charge in [-0.2, -0.15) is 0 Å². The molecule has 0 aliphatic rings. The van der Waals surface area contributed by atoms with E-state index in [0.29, 0.717) is 0 Å². The Morgan fingerprint density at radius 2 is 2.05 bits per heavy atom. The second-order valence-electron chi connectivity index (χ2n) is 3.91. The Morgan fingerprint density at radius 1 is 1.37 bits per heavy atom. The van der Waals surface area contributed by atoms with Crippen LogP contribution < -0.4 is 9.61 Å². The summed E-state index contributed by atoms with van der Waals surface area (Å²) in [5.74, 6) is -0.183. The van der Waals surface area contributed by atoms with Crippen LogP contribution in [0.15, 0.2) is 34.4 Å². The highest BCUT2D eigenvalue weighted by atomic mass is 32.1. The highest BCUT2D eigenvalue weighted by Gasteiger charge is 2.10. The molecule has 0 unspecified atom stereocenters. The molecule has 0 amide bonds. The number of carboxylic acid groups (broad SMARTS) is 1. The maximum Gasteiger partial charge on any atom is 0.307 e. The van der Waals surface area contributed by atoms with Crippen molar-refractivity contribution in [3.8, 4) is 17.0 Å². The van der Waals surface area contributed by atoms with Gasteiger partial charge in [-0.05, 0) is 29.8 Å². The van der Waals surface area contributed by atoms with Gasteiger partial charge in [0.1, 0.15) is 5.75 Å². The van der Waals surface area contributed by atoms with E-state index >= 15 is 0 Å². The molecular weight excluding hydrogens is 266 g/mol. The number of carbonyl (C=O) groups is 1. The number of nitrogens with zero attached hydrogens (tertiary/aromatic N) is 1. The Labute approximate surface area is 113 Å². The van der Waals surface area contributed by atoms with Crippen molar-refractivity contribution in [2.45, 2.75) is 13.0 Å². The van der Waals surface area contributed by atoms with Crippen LogP contribution >= 0.6 is 11.3 Å². The zero-order valence-corrected chi connectivity index (χ0v) is 11.1. The van der Waals surface area contributed by atoms with Crippen LogP contribution in [-0.2, 0) is 11.3 Å². The molecule has 0 saturated carbocycles. The van der Waals surface area contributed by atoms with Crippen LogP contribution in [0.2, 0.25) is 0 Å². The average molecular weight is 279 g/mol. The van der Waals surface area contributed by atoms with E-state index in [9.17, 15) is 9.59 Å². The summed E-state index contributed by atoms with van der Waals surface area (Å²) in [6.45, 7) is 0.180. The van der Waals surface area contributed by atoms with Crippen molar-refractivity contribution in [3.05, 3.63) is 39.3 Å². The highest BCUT2D eigenvalue weighted by molar-refractivity contribution is 7.07. The molecule has 6 heteroatoms. The third kappa shape index (κ3) is 3.03. The fourth-order valence-electron chi connectivity index (χ4n) is 1.74. The Kier molecular flexibility index (Phi) is 4.01. The monoisotopic (exact) mass is 279 g/mol. The number of benzene rings is 1. The van der Waals surface area contributed by atoms with Gasteiger partial charge < -0.3 is 9.84 Å². The van der Waals surface area contributed by atoms with Gasteiger partial charge in [-0.1, -0.05) is 11.3 Å². The normalized spacial score (nSPS) is 10.4. The number of aromatic nitrogens is 1. The fourth-order valence-corrected chi connectivity index (χ4v) is 2.53. The third-order valence-corrected chi connectivity index (χ3v) is 3.48. The Morgan fingerprint density at radius 3 is 2.63 bits per heavy atom. The topological polar surface area (TPSA) is 68.5 Å². The summed E-state index contributed by atoms with van der Waals surface area (Å²) in [6, 6.07) is 7.30. The maximum absolute atomic E-state index is 11.7. The molecule has 0 radical (unpaired) electrons. The largest absolute Gasteiger partial charge is 0.497 e. The van der Waals surface area contributed by atoms with Crippen LogP contribution in [0.1, 0.15) is 6.42 Å². The minimum Gasteiger partial charge on any atom is -0.497 e. The van der Waals surface area contributed by atoms with Crippen molar-refractivity contribution in [2.75, 3.05) is 7.11 Å². The van der Waals surface area contributed by atoms with E-state index in [4.69, 9.17) is 9.84 Å². The lowest BCUT2D eigenvalue weighted by atomic mass is 10.1. The van der Waals surface area contributed by atoms with Gasteiger partial charge in [-0.3, -0.25) is 14.2 Å². The first kappa shape index (κ1) is 13.4. The van der Waals surface area contributed by atoms with Crippen molar-refractivity contribution in [1.82, 2.24) is 4.57 Å². The van der Waals surface area contributed by atoms with Gasteiger partial charge in [-0.15, -0.1) is 0 Å².